The molecule has 1 aliphatic rings. The van der Waals surface area contributed by atoms with Crippen molar-refractivity contribution in [3.63, 3.8) is 0 Å². The number of rotatable bonds is 3. The molecule has 1 fully saturated rings. The minimum Gasteiger partial charge on any atom is -0.326 e. The Labute approximate surface area is 143 Å². The Morgan fingerprint density at radius 2 is 1.96 bits per heavy atom. The average Bonchev–Trinajstić information content (AvgIpc) is 2.99. The van der Waals surface area contributed by atoms with Gasteiger partial charge in [-0.1, -0.05) is 41.4 Å². The normalized spacial score (nSPS) is 20.5. The van der Waals surface area contributed by atoms with Gasteiger partial charge in [-0.3, -0.25) is 4.79 Å². The topological polar surface area (TPSA) is 41.1 Å². The third kappa shape index (κ3) is 3.50. The van der Waals surface area contributed by atoms with Crippen LogP contribution in [0.1, 0.15) is 11.5 Å². The first-order chi connectivity index (χ1) is 11.1. The van der Waals surface area contributed by atoms with Crippen molar-refractivity contribution in [2.45, 2.75) is 5.92 Å². The number of anilines is 1. The van der Waals surface area contributed by atoms with E-state index in [1.54, 1.807) is 36.4 Å². The van der Waals surface area contributed by atoms with Crippen LogP contribution in [-0.4, -0.2) is 19.0 Å². The smallest absolute Gasteiger partial charge is 0.229 e. The Balaban J connectivity index is 1.81. The van der Waals surface area contributed by atoms with Gasteiger partial charge in [-0.05, 0) is 29.8 Å². The van der Waals surface area contributed by atoms with Gasteiger partial charge in [0.2, 0.25) is 5.91 Å². The van der Waals surface area contributed by atoms with Crippen LogP contribution in [0.3, 0.4) is 0 Å². The van der Waals surface area contributed by atoms with E-state index in [0.717, 1.165) is 0 Å². The third-order valence-electron chi connectivity index (χ3n) is 4.02. The van der Waals surface area contributed by atoms with Crippen molar-refractivity contribution < 1.29 is 9.18 Å². The predicted molar refractivity (Wildman–Crippen MR) is 90.6 cm³/mol. The molecule has 2 atom stereocenters. The maximum absolute atomic E-state index is 14.3. The summed E-state index contributed by atoms with van der Waals surface area (Å²) in [5.74, 6) is -1.25. The molecule has 0 aliphatic carbocycles. The molecule has 1 aliphatic heterocycles. The lowest BCUT2D eigenvalue weighted by Gasteiger charge is -2.19. The van der Waals surface area contributed by atoms with Gasteiger partial charge in [0.25, 0.3) is 0 Å². The highest BCUT2D eigenvalue weighted by molar-refractivity contribution is 6.31. The summed E-state index contributed by atoms with van der Waals surface area (Å²) in [6, 6.07) is 11.8. The van der Waals surface area contributed by atoms with Crippen LogP contribution in [0.15, 0.2) is 42.5 Å². The molecule has 0 bridgehead atoms. The molecule has 0 spiro atoms. The van der Waals surface area contributed by atoms with Gasteiger partial charge in [0, 0.05) is 29.7 Å². The molecule has 23 heavy (non-hydrogen) atoms. The summed E-state index contributed by atoms with van der Waals surface area (Å²) in [7, 11) is 0. The van der Waals surface area contributed by atoms with Crippen molar-refractivity contribution in [2.75, 3.05) is 18.4 Å². The van der Waals surface area contributed by atoms with Gasteiger partial charge in [0.1, 0.15) is 5.82 Å². The molecule has 2 unspecified atom stereocenters. The number of nitrogens with one attached hydrogen (secondary N) is 2. The molecule has 1 amide bonds. The Kier molecular flexibility index (Phi) is 4.85. The van der Waals surface area contributed by atoms with Crippen molar-refractivity contribution in [3.8, 4) is 0 Å². The van der Waals surface area contributed by atoms with E-state index in [2.05, 4.69) is 10.6 Å². The van der Waals surface area contributed by atoms with E-state index in [-0.39, 0.29) is 22.8 Å². The molecular formula is C17H15Cl2FN2O. The number of benzene rings is 2. The number of hydrogen-bond acceptors (Lipinski definition) is 2. The van der Waals surface area contributed by atoms with Gasteiger partial charge in [0.15, 0.2) is 0 Å². The van der Waals surface area contributed by atoms with Gasteiger partial charge < -0.3 is 10.6 Å². The lowest BCUT2D eigenvalue weighted by atomic mass is 9.88. The first-order valence-corrected chi connectivity index (χ1v) is 8.03. The quantitative estimate of drug-likeness (QED) is 0.873. The van der Waals surface area contributed by atoms with Gasteiger partial charge in [-0.15, -0.1) is 0 Å². The molecule has 120 valence electrons. The fourth-order valence-corrected chi connectivity index (χ4v) is 3.26. The number of amides is 1. The van der Waals surface area contributed by atoms with Crippen LogP contribution in [0.25, 0.3) is 0 Å². The highest BCUT2D eigenvalue weighted by Gasteiger charge is 2.35. The summed E-state index contributed by atoms with van der Waals surface area (Å²) in [4.78, 5) is 12.6. The number of hydrogen-bond donors (Lipinski definition) is 2. The maximum atomic E-state index is 14.3. The number of carbonyl (C=O) groups is 1. The van der Waals surface area contributed by atoms with Gasteiger partial charge in [-0.2, -0.15) is 0 Å². The molecule has 2 N–H and O–H groups in total. The predicted octanol–water partition coefficient (Wildman–Crippen LogP) is 4.07. The number of carbonyl (C=O) groups excluding carboxylic acids is 1. The first kappa shape index (κ1) is 16.2. The van der Waals surface area contributed by atoms with Gasteiger partial charge in [-0.25, -0.2) is 4.39 Å². The summed E-state index contributed by atoms with van der Waals surface area (Å²) in [6.45, 7) is 1.02. The Hall–Kier alpha value is -1.62. The first-order valence-electron chi connectivity index (χ1n) is 7.27. The van der Waals surface area contributed by atoms with Gasteiger partial charge in [0.05, 0.1) is 10.9 Å². The van der Waals surface area contributed by atoms with Crippen molar-refractivity contribution in [1.29, 1.82) is 0 Å². The molecule has 1 saturated heterocycles. The standard InChI is InChI=1S/C17H15Cl2FN2O/c18-10-3-1-4-11(7-10)22-17(23)14-9-21-8-13(14)12-5-2-6-15(19)16(12)20/h1-7,13-14,21H,8-9H2,(H,22,23). The fourth-order valence-electron chi connectivity index (χ4n) is 2.89. The second kappa shape index (κ2) is 6.87. The Bertz CT molecular complexity index is 738. The number of halogens is 3. The molecule has 2 aromatic rings. The summed E-state index contributed by atoms with van der Waals surface area (Å²) in [5, 5.41) is 6.61. The molecule has 3 rings (SSSR count). The highest BCUT2D eigenvalue weighted by Crippen LogP contribution is 2.33. The zero-order valence-electron chi connectivity index (χ0n) is 12.2. The Morgan fingerprint density at radius 1 is 1.17 bits per heavy atom. The van der Waals surface area contributed by atoms with Crippen molar-refractivity contribution >= 4 is 34.8 Å². The van der Waals surface area contributed by atoms with Crippen LogP contribution < -0.4 is 10.6 Å². The maximum Gasteiger partial charge on any atom is 0.229 e. The van der Waals surface area contributed by atoms with E-state index in [0.29, 0.717) is 29.4 Å². The summed E-state index contributed by atoms with van der Waals surface area (Å²) < 4.78 is 14.3. The molecule has 6 heteroatoms. The van der Waals surface area contributed by atoms with E-state index in [1.165, 1.54) is 6.07 Å². The molecular weight excluding hydrogens is 338 g/mol. The summed E-state index contributed by atoms with van der Waals surface area (Å²) >= 11 is 11.8. The SMILES string of the molecule is O=C(Nc1cccc(Cl)c1)C1CNCC1c1cccc(Cl)c1F. The molecule has 2 aromatic carbocycles. The fraction of sp³-hybridized carbons (Fsp3) is 0.235. The van der Waals surface area contributed by atoms with Crippen molar-refractivity contribution in [2.24, 2.45) is 5.92 Å². The monoisotopic (exact) mass is 352 g/mol. The van der Waals surface area contributed by atoms with Gasteiger partial charge >= 0.3 is 0 Å². The molecule has 1 heterocycles. The Morgan fingerprint density at radius 3 is 2.74 bits per heavy atom. The zero-order chi connectivity index (χ0) is 16.4. The summed E-state index contributed by atoms with van der Waals surface area (Å²) in [5.41, 5.74) is 1.09. The minimum absolute atomic E-state index is 0.0726. The third-order valence-corrected chi connectivity index (χ3v) is 4.55. The second-order valence-corrected chi connectivity index (χ2v) is 6.36. The van der Waals surface area contributed by atoms with Crippen LogP contribution in [0.4, 0.5) is 10.1 Å². The molecule has 0 saturated carbocycles. The molecule has 0 aromatic heterocycles. The van der Waals surface area contributed by atoms with Crippen LogP contribution in [0.5, 0.6) is 0 Å². The lowest BCUT2D eigenvalue weighted by Crippen LogP contribution is -2.28. The van der Waals surface area contributed by atoms with Crippen LogP contribution in [0, 0.1) is 11.7 Å². The van der Waals surface area contributed by atoms with E-state index in [9.17, 15) is 9.18 Å². The van der Waals surface area contributed by atoms with Crippen LogP contribution in [-0.2, 0) is 4.79 Å². The lowest BCUT2D eigenvalue weighted by molar-refractivity contribution is -0.119. The minimum atomic E-state index is -0.455. The van der Waals surface area contributed by atoms with Crippen molar-refractivity contribution in [3.05, 3.63) is 63.9 Å². The van der Waals surface area contributed by atoms with E-state index >= 15 is 0 Å². The summed E-state index contributed by atoms with van der Waals surface area (Å²) in [6.07, 6.45) is 0. The molecule has 3 nitrogen and oxygen atoms in total. The van der Waals surface area contributed by atoms with Crippen LogP contribution in [0.2, 0.25) is 10.0 Å². The van der Waals surface area contributed by atoms with E-state index in [4.69, 9.17) is 23.2 Å². The second-order valence-electron chi connectivity index (χ2n) is 5.51. The molecule has 0 radical (unpaired) electrons. The largest absolute Gasteiger partial charge is 0.326 e. The van der Waals surface area contributed by atoms with E-state index in [1.807, 2.05) is 0 Å². The van der Waals surface area contributed by atoms with E-state index < -0.39 is 5.82 Å². The zero-order valence-corrected chi connectivity index (χ0v) is 13.7. The average molecular weight is 353 g/mol. The van der Waals surface area contributed by atoms with Crippen LogP contribution >= 0.6 is 23.2 Å². The highest BCUT2D eigenvalue weighted by atomic mass is 35.5. The van der Waals surface area contributed by atoms with Crippen molar-refractivity contribution in [1.82, 2.24) is 5.32 Å².